The van der Waals surface area contributed by atoms with E-state index in [9.17, 15) is 5.11 Å². The zero-order valence-electron chi connectivity index (χ0n) is 10.1. The summed E-state index contributed by atoms with van der Waals surface area (Å²) in [4.78, 5) is 6.76. The molecule has 3 nitrogen and oxygen atoms in total. The van der Waals surface area contributed by atoms with Crippen molar-refractivity contribution in [1.82, 2.24) is 4.98 Å². The lowest BCUT2D eigenvalue weighted by molar-refractivity contribution is 0.199. The Hall–Kier alpha value is -1.09. The molecule has 1 fully saturated rings. The lowest BCUT2D eigenvalue weighted by Crippen LogP contribution is -2.34. The molecule has 88 valence electrons. The van der Waals surface area contributed by atoms with E-state index in [2.05, 4.69) is 16.8 Å². The third-order valence-corrected chi connectivity index (χ3v) is 3.23. The van der Waals surface area contributed by atoms with Crippen LogP contribution in [-0.2, 0) is 0 Å². The summed E-state index contributed by atoms with van der Waals surface area (Å²) < 4.78 is 0. The van der Waals surface area contributed by atoms with Crippen LogP contribution in [0.3, 0.4) is 0 Å². The highest BCUT2D eigenvalue weighted by molar-refractivity contribution is 5.40. The molecule has 2 heterocycles. The van der Waals surface area contributed by atoms with Crippen molar-refractivity contribution in [3.8, 4) is 0 Å². The van der Waals surface area contributed by atoms with Crippen LogP contribution in [0.25, 0.3) is 0 Å². The predicted octanol–water partition coefficient (Wildman–Crippen LogP) is 2.37. The molecule has 0 bridgehead atoms. The van der Waals surface area contributed by atoms with Crippen molar-refractivity contribution in [1.29, 1.82) is 0 Å². The van der Waals surface area contributed by atoms with Gasteiger partial charge in [0.25, 0.3) is 0 Å². The number of rotatable bonds is 2. The fourth-order valence-corrected chi connectivity index (χ4v) is 2.23. The molecule has 0 saturated carbocycles. The first kappa shape index (κ1) is 11.4. The van der Waals surface area contributed by atoms with Crippen LogP contribution in [0.15, 0.2) is 18.3 Å². The Balaban J connectivity index is 2.09. The van der Waals surface area contributed by atoms with Crippen molar-refractivity contribution < 1.29 is 5.11 Å². The van der Waals surface area contributed by atoms with Gasteiger partial charge in [0.15, 0.2) is 0 Å². The second-order valence-corrected chi connectivity index (χ2v) is 4.82. The van der Waals surface area contributed by atoms with Gasteiger partial charge in [-0.25, -0.2) is 4.98 Å². The number of anilines is 1. The number of pyridine rings is 1. The standard InChI is InChI=1S/C13H20N2O/c1-10-4-3-7-15(9-10)13-6-5-12(8-14-13)11(2)16/h5-6,8,10-11,16H,3-4,7,9H2,1-2H3. The summed E-state index contributed by atoms with van der Waals surface area (Å²) in [5, 5.41) is 9.41. The Labute approximate surface area is 97.1 Å². The Kier molecular flexibility index (Phi) is 3.44. The first-order valence-electron chi connectivity index (χ1n) is 6.06. The van der Waals surface area contributed by atoms with E-state index in [0.29, 0.717) is 0 Å². The van der Waals surface area contributed by atoms with Crippen molar-refractivity contribution >= 4 is 5.82 Å². The monoisotopic (exact) mass is 220 g/mol. The molecule has 1 aromatic heterocycles. The third kappa shape index (κ3) is 2.53. The first-order chi connectivity index (χ1) is 7.66. The maximum absolute atomic E-state index is 9.41. The molecule has 3 heteroatoms. The zero-order valence-corrected chi connectivity index (χ0v) is 10.1. The molecule has 0 spiro atoms. The van der Waals surface area contributed by atoms with Crippen LogP contribution >= 0.6 is 0 Å². The van der Waals surface area contributed by atoms with E-state index in [-0.39, 0.29) is 0 Å². The molecule has 0 amide bonds. The van der Waals surface area contributed by atoms with Gasteiger partial charge in [-0.3, -0.25) is 0 Å². The normalized spacial score (nSPS) is 23.2. The number of aliphatic hydroxyl groups excluding tert-OH is 1. The van der Waals surface area contributed by atoms with E-state index >= 15 is 0 Å². The highest BCUT2D eigenvalue weighted by Crippen LogP contribution is 2.22. The van der Waals surface area contributed by atoms with Crippen LogP contribution in [0, 0.1) is 5.92 Å². The number of piperidine rings is 1. The van der Waals surface area contributed by atoms with Crippen molar-refractivity contribution in [2.75, 3.05) is 18.0 Å². The van der Waals surface area contributed by atoms with Gasteiger partial charge in [0.2, 0.25) is 0 Å². The van der Waals surface area contributed by atoms with E-state index in [1.54, 1.807) is 13.1 Å². The van der Waals surface area contributed by atoms with Crippen molar-refractivity contribution in [3.05, 3.63) is 23.9 Å². The second kappa shape index (κ2) is 4.83. The van der Waals surface area contributed by atoms with Gasteiger partial charge >= 0.3 is 0 Å². The highest BCUT2D eigenvalue weighted by atomic mass is 16.3. The molecular weight excluding hydrogens is 200 g/mol. The summed E-state index contributed by atoms with van der Waals surface area (Å²) in [7, 11) is 0. The van der Waals surface area contributed by atoms with Crippen molar-refractivity contribution in [2.45, 2.75) is 32.8 Å². The predicted molar refractivity (Wildman–Crippen MR) is 65.5 cm³/mol. The summed E-state index contributed by atoms with van der Waals surface area (Å²) in [5.74, 6) is 1.79. The van der Waals surface area contributed by atoms with E-state index in [1.807, 2.05) is 12.1 Å². The molecule has 1 aromatic rings. The van der Waals surface area contributed by atoms with Crippen LogP contribution in [0.4, 0.5) is 5.82 Å². The number of aromatic nitrogens is 1. The number of aliphatic hydroxyl groups is 1. The zero-order chi connectivity index (χ0) is 11.5. The van der Waals surface area contributed by atoms with Gasteiger partial charge in [-0.1, -0.05) is 13.0 Å². The molecule has 1 saturated heterocycles. The topological polar surface area (TPSA) is 36.4 Å². The Morgan fingerprint density at radius 1 is 1.50 bits per heavy atom. The van der Waals surface area contributed by atoms with Crippen molar-refractivity contribution in [2.24, 2.45) is 5.92 Å². The molecule has 0 aliphatic carbocycles. The van der Waals surface area contributed by atoms with E-state index in [1.165, 1.54) is 12.8 Å². The summed E-state index contributed by atoms with van der Waals surface area (Å²) in [6.07, 6.45) is 3.92. The largest absolute Gasteiger partial charge is 0.389 e. The number of hydrogen-bond acceptors (Lipinski definition) is 3. The van der Waals surface area contributed by atoms with Crippen LogP contribution in [0.1, 0.15) is 38.4 Å². The fraction of sp³-hybridized carbons (Fsp3) is 0.615. The Bertz CT molecular complexity index is 334. The maximum atomic E-state index is 9.41. The highest BCUT2D eigenvalue weighted by Gasteiger charge is 2.17. The molecule has 2 rings (SSSR count). The quantitative estimate of drug-likeness (QED) is 0.831. The lowest BCUT2D eigenvalue weighted by atomic mass is 10.0. The molecule has 1 aliphatic heterocycles. The summed E-state index contributed by atoms with van der Waals surface area (Å²) in [5.41, 5.74) is 0.883. The van der Waals surface area contributed by atoms with E-state index in [0.717, 1.165) is 30.4 Å². The second-order valence-electron chi connectivity index (χ2n) is 4.82. The first-order valence-corrected chi connectivity index (χ1v) is 6.06. The molecule has 1 aliphatic rings. The van der Waals surface area contributed by atoms with Gasteiger partial charge in [-0.15, -0.1) is 0 Å². The summed E-state index contributed by atoms with van der Waals surface area (Å²) in [6, 6.07) is 3.98. The van der Waals surface area contributed by atoms with Crippen molar-refractivity contribution in [3.63, 3.8) is 0 Å². The van der Waals surface area contributed by atoms with E-state index < -0.39 is 6.10 Å². The van der Waals surface area contributed by atoms with Gasteiger partial charge < -0.3 is 10.0 Å². The molecule has 16 heavy (non-hydrogen) atoms. The SMILES string of the molecule is CC1CCCN(c2ccc(C(C)O)cn2)C1. The van der Waals surface area contributed by atoms with Crippen LogP contribution < -0.4 is 4.90 Å². The number of hydrogen-bond donors (Lipinski definition) is 1. The third-order valence-electron chi connectivity index (χ3n) is 3.23. The molecule has 2 unspecified atom stereocenters. The van der Waals surface area contributed by atoms with Gasteiger partial charge in [-0.2, -0.15) is 0 Å². The van der Waals surface area contributed by atoms with Gasteiger partial charge in [0.1, 0.15) is 5.82 Å². The van der Waals surface area contributed by atoms with Crippen LogP contribution in [0.2, 0.25) is 0 Å². The van der Waals surface area contributed by atoms with Crippen LogP contribution in [-0.4, -0.2) is 23.2 Å². The van der Waals surface area contributed by atoms with Gasteiger partial charge in [0, 0.05) is 19.3 Å². The minimum Gasteiger partial charge on any atom is -0.389 e. The smallest absolute Gasteiger partial charge is 0.128 e. The average Bonchev–Trinajstić information content (AvgIpc) is 2.29. The van der Waals surface area contributed by atoms with Gasteiger partial charge in [-0.05, 0) is 37.3 Å². The average molecular weight is 220 g/mol. The van der Waals surface area contributed by atoms with Gasteiger partial charge in [0.05, 0.1) is 6.10 Å². The van der Waals surface area contributed by atoms with E-state index in [4.69, 9.17) is 0 Å². The summed E-state index contributed by atoms with van der Waals surface area (Å²) >= 11 is 0. The summed E-state index contributed by atoms with van der Waals surface area (Å²) in [6.45, 7) is 6.25. The van der Waals surface area contributed by atoms with Crippen LogP contribution in [0.5, 0.6) is 0 Å². The lowest BCUT2D eigenvalue weighted by Gasteiger charge is -2.31. The molecule has 0 aromatic carbocycles. The molecular formula is C13H20N2O. The maximum Gasteiger partial charge on any atom is 0.128 e. The number of nitrogens with zero attached hydrogens (tertiary/aromatic N) is 2. The minimum absolute atomic E-state index is 0.429. The molecule has 0 radical (unpaired) electrons. The minimum atomic E-state index is -0.429. The molecule has 1 N–H and O–H groups in total. The molecule has 2 atom stereocenters. The Morgan fingerprint density at radius 2 is 2.31 bits per heavy atom. The fourth-order valence-electron chi connectivity index (χ4n) is 2.23. The Morgan fingerprint density at radius 3 is 2.88 bits per heavy atom.